The number of rotatable bonds is 6. The van der Waals surface area contributed by atoms with Crippen LogP contribution in [0, 0.1) is 6.92 Å². The lowest BCUT2D eigenvalue weighted by Crippen LogP contribution is -2.50. The number of furan rings is 1. The number of carbonyl (C=O) groups is 1. The molecule has 0 spiro atoms. The van der Waals surface area contributed by atoms with Crippen LogP contribution in [0.5, 0.6) is 5.75 Å². The Morgan fingerprint density at radius 1 is 1.24 bits per heavy atom. The van der Waals surface area contributed by atoms with Gasteiger partial charge in [-0.1, -0.05) is 6.07 Å². The lowest BCUT2D eigenvalue weighted by atomic mass is 9.97. The van der Waals surface area contributed by atoms with Crippen LogP contribution in [0.2, 0.25) is 0 Å². The third-order valence-corrected chi connectivity index (χ3v) is 5.90. The summed E-state index contributed by atoms with van der Waals surface area (Å²) in [4.78, 5) is 33.8. The normalized spacial score (nSPS) is 15.4. The Hall–Kier alpha value is -3.59. The van der Waals surface area contributed by atoms with Crippen LogP contribution in [-0.2, 0) is 11.3 Å². The Morgan fingerprint density at radius 2 is 2.03 bits per heavy atom. The molecule has 3 aromatic heterocycles. The van der Waals surface area contributed by atoms with E-state index in [2.05, 4.69) is 9.88 Å². The maximum atomic E-state index is 13.7. The van der Waals surface area contributed by atoms with Crippen molar-refractivity contribution in [3.8, 4) is 5.75 Å². The van der Waals surface area contributed by atoms with E-state index in [0.29, 0.717) is 44.2 Å². The lowest BCUT2D eigenvalue weighted by molar-refractivity contribution is 0.0708. The number of hydrogen-bond donors (Lipinski definition) is 1. The summed E-state index contributed by atoms with van der Waals surface area (Å²) in [5.41, 5.74) is 1.42. The average molecular weight is 453 g/mol. The number of piperazine rings is 1. The Morgan fingerprint density at radius 3 is 2.67 bits per heavy atom. The molecule has 4 heterocycles. The Bertz CT molecular complexity index is 1140. The van der Waals surface area contributed by atoms with Crippen LogP contribution in [0.1, 0.15) is 35.5 Å². The molecule has 1 amide bonds. The zero-order valence-electron chi connectivity index (χ0n) is 18.8. The van der Waals surface area contributed by atoms with E-state index in [4.69, 9.17) is 9.15 Å². The van der Waals surface area contributed by atoms with Crippen LogP contribution < -0.4 is 5.56 Å². The third-order valence-electron chi connectivity index (χ3n) is 5.90. The highest BCUT2D eigenvalue weighted by Gasteiger charge is 2.33. The molecule has 4 rings (SSSR count). The zero-order chi connectivity index (χ0) is 23.4. The fourth-order valence-corrected chi connectivity index (χ4v) is 4.26. The summed E-state index contributed by atoms with van der Waals surface area (Å²) in [5.74, 6) is 0.590. The van der Waals surface area contributed by atoms with Crippen LogP contribution in [0.15, 0.2) is 58.2 Å². The van der Waals surface area contributed by atoms with E-state index >= 15 is 0 Å². The molecule has 33 heavy (non-hydrogen) atoms. The number of ether oxygens (including phenoxy) is 1. The van der Waals surface area contributed by atoms with E-state index < -0.39 is 6.04 Å². The van der Waals surface area contributed by atoms with E-state index in [1.54, 1.807) is 54.1 Å². The van der Waals surface area contributed by atoms with Crippen molar-refractivity contribution in [2.24, 2.45) is 0 Å². The Balaban J connectivity index is 1.72. The number of hydrogen-bond acceptors (Lipinski definition) is 7. The maximum Gasteiger partial charge on any atom is 0.409 e. The summed E-state index contributed by atoms with van der Waals surface area (Å²) >= 11 is 0. The summed E-state index contributed by atoms with van der Waals surface area (Å²) in [6.45, 7) is 6.11. The van der Waals surface area contributed by atoms with Crippen LogP contribution in [0.25, 0.3) is 0 Å². The highest BCUT2D eigenvalue weighted by molar-refractivity contribution is 5.67. The number of carbonyl (C=O) groups excluding carboxylic acids is 1. The largest absolute Gasteiger partial charge is 0.507 e. The molecule has 0 saturated carbocycles. The van der Waals surface area contributed by atoms with Gasteiger partial charge in [-0.15, -0.1) is 0 Å². The predicted octanol–water partition coefficient (Wildman–Crippen LogP) is 2.76. The van der Waals surface area contributed by atoms with Gasteiger partial charge in [0.05, 0.1) is 31.0 Å². The Labute approximate surface area is 191 Å². The summed E-state index contributed by atoms with van der Waals surface area (Å²) in [6, 6.07) is 8.38. The first kappa shape index (κ1) is 22.6. The predicted molar refractivity (Wildman–Crippen MR) is 121 cm³/mol. The Kier molecular flexibility index (Phi) is 6.79. The van der Waals surface area contributed by atoms with Gasteiger partial charge in [0.1, 0.15) is 11.5 Å². The average Bonchev–Trinajstić information content (AvgIpc) is 3.34. The molecule has 1 N–H and O–H groups in total. The molecule has 1 fully saturated rings. The van der Waals surface area contributed by atoms with Crippen LogP contribution >= 0.6 is 0 Å². The van der Waals surface area contributed by atoms with Gasteiger partial charge in [-0.2, -0.15) is 0 Å². The standard InChI is InChI=1S/C24H28N4O5/c1-3-32-24(31)27-11-9-26(10-12-27)22(18-6-4-8-25-15-18)21-20(29)14-17(2)28(23(21)30)16-19-7-5-13-33-19/h4-8,13-15,22,29H,3,9-12,16H2,1-2H3. The molecule has 1 atom stereocenters. The summed E-state index contributed by atoms with van der Waals surface area (Å²) in [7, 11) is 0. The first-order chi connectivity index (χ1) is 16.0. The highest BCUT2D eigenvalue weighted by Crippen LogP contribution is 2.33. The molecule has 174 valence electrons. The fraction of sp³-hybridized carbons (Fsp3) is 0.375. The van der Waals surface area contributed by atoms with E-state index in [-0.39, 0.29) is 29.5 Å². The molecule has 1 aliphatic heterocycles. The first-order valence-corrected chi connectivity index (χ1v) is 11.0. The number of aromatic hydroxyl groups is 1. The number of amides is 1. The zero-order valence-corrected chi connectivity index (χ0v) is 18.8. The molecule has 0 radical (unpaired) electrons. The van der Waals surface area contributed by atoms with Crippen molar-refractivity contribution >= 4 is 6.09 Å². The summed E-state index contributed by atoms with van der Waals surface area (Å²) in [5, 5.41) is 10.9. The van der Waals surface area contributed by atoms with Crippen molar-refractivity contribution in [3.05, 3.63) is 81.9 Å². The number of nitrogens with zero attached hydrogens (tertiary/aromatic N) is 4. The van der Waals surface area contributed by atoms with E-state index in [0.717, 1.165) is 5.56 Å². The van der Waals surface area contributed by atoms with Gasteiger partial charge in [-0.25, -0.2) is 4.79 Å². The second-order valence-electron chi connectivity index (χ2n) is 7.97. The smallest absolute Gasteiger partial charge is 0.409 e. The van der Waals surface area contributed by atoms with E-state index in [1.165, 1.54) is 0 Å². The van der Waals surface area contributed by atoms with Gasteiger partial charge in [0.2, 0.25) is 0 Å². The molecular formula is C24H28N4O5. The SMILES string of the molecule is CCOC(=O)N1CCN(C(c2cccnc2)c2c(O)cc(C)n(Cc3ccco3)c2=O)CC1. The molecule has 1 unspecified atom stereocenters. The minimum Gasteiger partial charge on any atom is -0.507 e. The van der Waals surface area contributed by atoms with Crippen molar-refractivity contribution in [2.75, 3.05) is 32.8 Å². The molecule has 9 heteroatoms. The van der Waals surface area contributed by atoms with Crippen molar-refractivity contribution in [1.82, 2.24) is 19.4 Å². The van der Waals surface area contributed by atoms with Crippen LogP contribution in [0.3, 0.4) is 0 Å². The molecule has 9 nitrogen and oxygen atoms in total. The van der Waals surface area contributed by atoms with E-state index in [1.807, 2.05) is 18.2 Å². The number of aromatic nitrogens is 2. The maximum absolute atomic E-state index is 13.7. The quantitative estimate of drug-likeness (QED) is 0.614. The van der Waals surface area contributed by atoms with Gasteiger partial charge in [0.25, 0.3) is 5.56 Å². The van der Waals surface area contributed by atoms with Gasteiger partial charge in [0.15, 0.2) is 0 Å². The van der Waals surface area contributed by atoms with Gasteiger partial charge >= 0.3 is 6.09 Å². The second kappa shape index (κ2) is 9.91. The molecule has 3 aromatic rings. The molecule has 1 saturated heterocycles. The number of aryl methyl sites for hydroxylation is 1. The monoisotopic (exact) mass is 452 g/mol. The minimum atomic E-state index is -0.515. The third kappa shape index (κ3) is 4.78. The molecule has 0 bridgehead atoms. The van der Waals surface area contributed by atoms with Crippen molar-refractivity contribution in [2.45, 2.75) is 26.4 Å². The van der Waals surface area contributed by atoms with Gasteiger partial charge in [0, 0.05) is 44.3 Å². The van der Waals surface area contributed by atoms with Gasteiger partial charge < -0.3 is 23.7 Å². The first-order valence-electron chi connectivity index (χ1n) is 11.0. The van der Waals surface area contributed by atoms with Gasteiger partial charge in [-0.05, 0) is 43.7 Å². The fourth-order valence-electron chi connectivity index (χ4n) is 4.26. The van der Waals surface area contributed by atoms with Crippen molar-refractivity contribution in [1.29, 1.82) is 0 Å². The highest BCUT2D eigenvalue weighted by atomic mass is 16.6. The van der Waals surface area contributed by atoms with Gasteiger partial charge in [-0.3, -0.25) is 14.7 Å². The second-order valence-corrected chi connectivity index (χ2v) is 7.97. The molecule has 1 aliphatic rings. The molecule has 0 aromatic carbocycles. The van der Waals surface area contributed by atoms with Crippen molar-refractivity contribution in [3.63, 3.8) is 0 Å². The molecule has 0 aliphatic carbocycles. The van der Waals surface area contributed by atoms with E-state index in [9.17, 15) is 14.7 Å². The summed E-state index contributed by atoms with van der Waals surface area (Å²) in [6.07, 6.45) is 4.61. The summed E-state index contributed by atoms with van der Waals surface area (Å²) < 4.78 is 12.2. The van der Waals surface area contributed by atoms with Crippen LogP contribution in [0.4, 0.5) is 4.79 Å². The van der Waals surface area contributed by atoms with Crippen molar-refractivity contribution < 1.29 is 19.1 Å². The minimum absolute atomic E-state index is 0.0603. The van der Waals surface area contributed by atoms with Crippen LogP contribution in [-0.4, -0.2) is 63.3 Å². The number of pyridine rings is 2. The topological polar surface area (TPSA) is 101 Å². The molecular weight excluding hydrogens is 424 g/mol. The lowest BCUT2D eigenvalue weighted by Gasteiger charge is -2.39.